The lowest BCUT2D eigenvalue weighted by atomic mass is 9.78. The Morgan fingerprint density at radius 2 is 1.47 bits per heavy atom. The van der Waals surface area contributed by atoms with E-state index in [9.17, 15) is 0 Å². The molecule has 4 aromatic rings. The summed E-state index contributed by atoms with van der Waals surface area (Å²) in [6.45, 7) is 9.50. The first-order valence-corrected chi connectivity index (χ1v) is 16.1. The van der Waals surface area contributed by atoms with E-state index in [2.05, 4.69) is 144 Å². The van der Waals surface area contributed by atoms with Crippen molar-refractivity contribution in [3.05, 3.63) is 130 Å². The van der Waals surface area contributed by atoms with Crippen molar-refractivity contribution in [2.45, 2.75) is 63.8 Å². The highest BCUT2D eigenvalue weighted by Gasteiger charge is 2.47. The van der Waals surface area contributed by atoms with Gasteiger partial charge in [0.05, 0.1) is 12.5 Å². The molecule has 2 unspecified atom stereocenters. The van der Waals surface area contributed by atoms with Gasteiger partial charge in [0.25, 0.3) is 0 Å². The fourth-order valence-electron chi connectivity index (χ4n) is 8.34. The zero-order chi connectivity index (χ0) is 30.1. The molecule has 2 aliphatic heterocycles. The van der Waals surface area contributed by atoms with Gasteiger partial charge in [-0.1, -0.05) is 92.2 Å². The summed E-state index contributed by atoms with van der Waals surface area (Å²) in [6, 6.07) is 27.0. The van der Waals surface area contributed by atoms with Crippen LogP contribution in [0.3, 0.4) is 0 Å². The molecule has 0 amide bonds. The number of hydrogen-bond acceptors (Lipinski definition) is 1. The average Bonchev–Trinajstić information content (AvgIpc) is 3.33. The van der Waals surface area contributed by atoms with Gasteiger partial charge in [-0.25, -0.2) is 0 Å². The van der Waals surface area contributed by atoms with Crippen molar-refractivity contribution < 1.29 is 4.90 Å². The Balaban J connectivity index is 1.20. The van der Waals surface area contributed by atoms with Crippen LogP contribution in [-0.4, -0.2) is 20.1 Å². The molecule has 0 radical (unpaired) electrons. The van der Waals surface area contributed by atoms with Crippen molar-refractivity contribution in [2.75, 3.05) is 19.0 Å². The summed E-state index contributed by atoms with van der Waals surface area (Å²) in [5.41, 5.74) is 9.31. The van der Waals surface area contributed by atoms with Crippen LogP contribution in [0.25, 0.3) is 21.5 Å². The molecule has 1 N–H and O–H groups in total. The van der Waals surface area contributed by atoms with Gasteiger partial charge in [-0.2, -0.15) is 0 Å². The summed E-state index contributed by atoms with van der Waals surface area (Å²) in [5, 5.41) is 6.26. The molecule has 218 valence electrons. The van der Waals surface area contributed by atoms with E-state index in [-0.39, 0.29) is 10.8 Å². The molecule has 43 heavy (non-hydrogen) atoms. The van der Waals surface area contributed by atoms with E-state index in [0.29, 0.717) is 6.04 Å². The number of quaternary nitrogens is 1. The normalized spacial score (nSPS) is 24.6. The minimum atomic E-state index is -0.101. The number of likely N-dealkylation sites (N-methyl/N-ethyl adjacent to an activating group) is 2. The predicted octanol–water partition coefficient (Wildman–Crippen LogP) is 9.27. The van der Waals surface area contributed by atoms with Gasteiger partial charge in [-0.3, -0.25) is 4.90 Å². The fraction of sp³-hybridized carbons (Fsp3) is 0.300. The highest BCUT2D eigenvalue weighted by Crippen LogP contribution is 2.50. The molecular weight excluding hydrogens is 544 g/mol. The van der Waals surface area contributed by atoms with E-state index < -0.39 is 0 Å². The second-order valence-corrected chi connectivity index (χ2v) is 14.1. The molecule has 1 aliphatic carbocycles. The Morgan fingerprint density at radius 3 is 2.19 bits per heavy atom. The largest absolute Gasteiger partial charge is 0.347 e. The number of nitrogens with one attached hydrogen (secondary N) is 1. The van der Waals surface area contributed by atoms with Gasteiger partial charge >= 0.3 is 0 Å². The second kappa shape index (κ2) is 10.3. The van der Waals surface area contributed by atoms with Crippen LogP contribution in [0.2, 0.25) is 0 Å². The molecule has 3 aliphatic rings. The maximum Gasteiger partial charge on any atom is 0.136 e. The lowest BCUT2D eigenvalue weighted by molar-refractivity contribution is -0.828. The summed E-state index contributed by atoms with van der Waals surface area (Å²) in [5.74, 6) is 0. The Morgan fingerprint density at radius 1 is 0.814 bits per heavy atom. The molecule has 0 saturated heterocycles. The number of anilines is 1. The Kier molecular flexibility index (Phi) is 6.72. The Labute approximate surface area is 261 Å². The molecule has 0 bridgehead atoms. The van der Waals surface area contributed by atoms with Crippen molar-refractivity contribution >= 4 is 44.5 Å². The molecule has 4 aromatic carbocycles. The highest BCUT2D eigenvalue weighted by molar-refractivity contribution is 6.32. The number of hydrogen-bond donors (Lipinski definition) is 1. The van der Waals surface area contributed by atoms with Crippen molar-refractivity contribution in [1.29, 1.82) is 0 Å². The van der Waals surface area contributed by atoms with E-state index in [1.54, 1.807) is 0 Å². The van der Waals surface area contributed by atoms with Gasteiger partial charge in [0, 0.05) is 34.4 Å². The summed E-state index contributed by atoms with van der Waals surface area (Å²) < 4.78 is 0. The Bertz CT molecular complexity index is 1900. The zero-order valence-electron chi connectivity index (χ0n) is 26.3. The number of allylic oxidation sites excluding steroid dienone is 7. The van der Waals surface area contributed by atoms with Crippen LogP contribution >= 0.6 is 11.6 Å². The van der Waals surface area contributed by atoms with Gasteiger partial charge in [0.15, 0.2) is 0 Å². The van der Waals surface area contributed by atoms with Gasteiger partial charge in [0.1, 0.15) is 11.7 Å². The molecule has 3 heteroatoms. The second-order valence-electron chi connectivity index (χ2n) is 13.8. The van der Waals surface area contributed by atoms with Gasteiger partial charge < -0.3 is 4.90 Å². The third-order valence-electron chi connectivity index (χ3n) is 10.5. The highest BCUT2D eigenvalue weighted by atomic mass is 35.5. The standard InChI is InChI=1S/C40H41ClN2/c1-39(2)34(42(5)32-22-18-26-12-7-9-16-30(26)36(32)39)24-20-28-14-11-15-29(38(28)41)21-25-35-40(3,4)37-31-17-10-8-13-27(31)19-23-33(37)43(35)6/h7-10,12-13,16-25,34H,11,14-15H2,1-6H3/p+1/b24-20+,29-21+,35-25+. The summed E-state index contributed by atoms with van der Waals surface area (Å²) in [6.07, 6.45) is 12.5. The molecule has 2 nitrogen and oxygen atoms in total. The number of halogens is 1. The molecule has 2 atom stereocenters. The fourth-order valence-corrected chi connectivity index (χ4v) is 8.65. The monoisotopic (exact) mass is 585 g/mol. The summed E-state index contributed by atoms with van der Waals surface area (Å²) >= 11 is 7.18. The number of fused-ring (bicyclic) bond motifs is 6. The quantitative estimate of drug-likeness (QED) is 0.252. The first-order valence-electron chi connectivity index (χ1n) is 15.7. The number of benzene rings is 4. The summed E-state index contributed by atoms with van der Waals surface area (Å²) in [7, 11) is 4.51. The zero-order valence-corrected chi connectivity index (χ0v) is 27.0. The molecule has 0 spiro atoms. The molecule has 7 rings (SSSR count). The topological polar surface area (TPSA) is 7.68 Å². The molecule has 0 aromatic heterocycles. The minimum absolute atomic E-state index is 0.0133. The van der Waals surface area contributed by atoms with Gasteiger partial charge in [-0.15, -0.1) is 0 Å². The van der Waals surface area contributed by atoms with Crippen LogP contribution in [-0.2, 0) is 10.8 Å². The smallest absolute Gasteiger partial charge is 0.136 e. The van der Waals surface area contributed by atoms with E-state index in [0.717, 1.165) is 24.3 Å². The van der Waals surface area contributed by atoms with Crippen LogP contribution in [0.4, 0.5) is 11.4 Å². The first-order chi connectivity index (χ1) is 20.6. The van der Waals surface area contributed by atoms with Crippen molar-refractivity contribution in [1.82, 2.24) is 0 Å². The van der Waals surface area contributed by atoms with Crippen LogP contribution in [0.5, 0.6) is 0 Å². The van der Waals surface area contributed by atoms with Crippen LogP contribution in [0.1, 0.15) is 58.1 Å². The molecule has 0 saturated carbocycles. The molecule has 0 fully saturated rings. The predicted molar refractivity (Wildman–Crippen MR) is 185 cm³/mol. The van der Waals surface area contributed by atoms with Crippen molar-refractivity contribution in [3.8, 4) is 0 Å². The third kappa shape index (κ3) is 4.33. The molecular formula is C40H42ClN2+. The third-order valence-corrected chi connectivity index (χ3v) is 11.0. The maximum absolute atomic E-state index is 7.18. The van der Waals surface area contributed by atoms with E-state index in [1.807, 2.05) is 0 Å². The lowest BCUT2D eigenvalue weighted by Gasteiger charge is -2.26. The number of rotatable bonds is 3. The van der Waals surface area contributed by atoms with E-state index in [4.69, 9.17) is 11.6 Å². The van der Waals surface area contributed by atoms with Crippen molar-refractivity contribution in [2.24, 2.45) is 0 Å². The average molecular weight is 586 g/mol. The first kappa shape index (κ1) is 28.2. The van der Waals surface area contributed by atoms with E-state index in [1.165, 1.54) is 65.8 Å². The van der Waals surface area contributed by atoms with Crippen molar-refractivity contribution in [3.63, 3.8) is 0 Å². The Hall–Kier alpha value is -3.59. The van der Waals surface area contributed by atoms with Gasteiger partial charge in [-0.05, 0) is 102 Å². The summed E-state index contributed by atoms with van der Waals surface area (Å²) in [4.78, 5) is 3.82. The van der Waals surface area contributed by atoms with Crippen LogP contribution in [0.15, 0.2) is 119 Å². The van der Waals surface area contributed by atoms with Crippen LogP contribution < -0.4 is 9.80 Å². The van der Waals surface area contributed by atoms with Gasteiger partial charge in [0.2, 0.25) is 0 Å². The maximum atomic E-state index is 7.18. The SMILES string of the molecule is CN1/C(=C/C=C2\CCCC(/C=C/C3[NH+](C)c4ccc5ccccc5c4C3(C)C)=C2Cl)C(C)(C)c2c1ccc1ccccc21. The molecule has 2 heterocycles. The van der Waals surface area contributed by atoms with Crippen LogP contribution in [0, 0.1) is 0 Å². The minimum Gasteiger partial charge on any atom is -0.347 e. The lowest BCUT2D eigenvalue weighted by Crippen LogP contribution is -3.07. The number of nitrogens with zero attached hydrogens (tertiary/aromatic N) is 1. The van der Waals surface area contributed by atoms with E-state index >= 15 is 0 Å².